The molecule has 1 saturated heterocycles. The molecule has 0 bridgehead atoms. The van der Waals surface area contributed by atoms with E-state index in [1.807, 2.05) is 54.6 Å². The Balaban J connectivity index is 1.17. The third-order valence-corrected chi connectivity index (χ3v) is 5.60. The van der Waals surface area contributed by atoms with Crippen molar-refractivity contribution >= 4 is 23.6 Å². The minimum Gasteiger partial charge on any atom is -0.489 e. The molecule has 0 aliphatic carbocycles. The summed E-state index contributed by atoms with van der Waals surface area (Å²) in [6, 6.07) is 21.5. The van der Waals surface area contributed by atoms with Gasteiger partial charge in [0.2, 0.25) is 11.8 Å². The van der Waals surface area contributed by atoms with Gasteiger partial charge >= 0.3 is 0 Å². The number of nitrogens with one attached hydrogen (secondary N) is 1. The van der Waals surface area contributed by atoms with Crippen molar-refractivity contribution in [3.05, 3.63) is 96.3 Å². The number of aromatic nitrogens is 1. The van der Waals surface area contributed by atoms with Crippen molar-refractivity contribution in [2.75, 3.05) is 37.6 Å². The first kappa shape index (κ1) is 23.0. The molecule has 0 unspecified atom stereocenters. The molecular formula is C27H28N4O3. The number of anilines is 1. The van der Waals surface area contributed by atoms with Crippen LogP contribution in [0.2, 0.25) is 0 Å². The average molecular weight is 457 g/mol. The van der Waals surface area contributed by atoms with Crippen molar-refractivity contribution in [2.24, 2.45) is 0 Å². The predicted octanol–water partition coefficient (Wildman–Crippen LogP) is 3.14. The van der Waals surface area contributed by atoms with Gasteiger partial charge < -0.3 is 19.9 Å². The number of carbonyl (C=O) groups excluding carboxylic acids is 2. The van der Waals surface area contributed by atoms with E-state index in [0.29, 0.717) is 19.7 Å². The third kappa shape index (κ3) is 6.68. The second-order valence-electron chi connectivity index (χ2n) is 7.97. The highest BCUT2D eigenvalue weighted by Gasteiger charge is 2.21. The molecule has 2 heterocycles. The number of para-hydroxylation sites is 1. The van der Waals surface area contributed by atoms with Gasteiger partial charge in [-0.15, -0.1) is 0 Å². The Labute approximate surface area is 199 Å². The number of carbonyl (C=O) groups is 2. The Bertz CT molecular complexity index is 1090. The van der Waals surface area contributed by atoms with E-state index in [2.05, 4.69) is 27.3 Å². The van der Waals surface area contributed by atoms with Gasteiger partial charge in [0.05, 0.1) is 6.54 Å². The molecule has 174 valence electrons. The molecule has 1 N–H and O–H groups in total. The maximum Gasteiger partial charge on any atom is 0.244 e. The summed E-state index contributed by atoms with van der Waals surface area (Å²) in [5, 5.41) is 2.68. The van der Waals surface area contributed by atoms with Gasteiger partial charge in [-0.1, -0.05) is 36.4 Å². The quantitative estimate of drug-likeness (QED) is 0.527. The maximum atomic E-state index is 12.5. The molecule has 1 aliphatic rings. The zero-order valence-electron chi connectivity index (χ0n) is 19.0. The van der Waals surface area contributed by atoms with Gasteiger partial charge in [0.15, 0.2) is 0 Å². The van der Waals surface area contributed by atoms with Crippen molar-refractivity contribution in [1.82, 2.24) is 15.2 Å². The third-order valence-electron chi connectivity index (χ3n) is 5.60. The number of hydrogen-bond acceptors (Lipinski definition) is 5. The van der Waals surface area contributed by atoms with E-state index in [0.717, 1.165) is 30.0 Å². The first-order chi connectivity index (χ1) is 16.7. The van der Waals surface area contributed by atoms with E-state index < -0.39 is 0 Å². The number of pyridine rings is 1. The van der Waals surface area contributed by atoms with E-state index >= 15 is 0 Å². The van der Waals surface area contributed by atoms with Crippen LogP contribution in [0.15, 0.2) is 85.2 Å². The van der Waals surface area contributed by atoms with Gasteiger partial charge in [0.25, 0.3) is 0 Å². The van der Waals surface area contributed by atoms with Crippen LogP contribution in [0.3, 0.4) is 0 Å². The SMILES string of the molecule is O=C(/C=C/c1ccc(OCc2cccnc2)cc1)NCC(=O)N1CCN(c2ccccc2)CC1. The number of ether oxygens (including phenoxy) is 1. The summed E-state index contributed by atoms with van der Waals surface area (Å²) in [6.07, 6.45) is 6.64. The van der Waals surface area contributed by atoms with E-state index in [9.17, 15) is 9.59 Å². The van der Waals surface area contributed by atoms with Crippen LogP contribution >= 0.6 is 0 Å². The van der Waals surface area contributed by atoms with Crippen molar-refractivity contribution in [2.45, 2.75) is 6.61 Å². The number of piperazine rings is 1. The molecule has 0 saturated carbocycles. The number of rotatable bonds is 8. The van der Waals surface area contributed by atoms with Gasteiger partial charge in [0.1, 0.15) is 12.4 Å². The lowest BCUT2D eigenvalue weighted by Gasteiger charge is -2.36. The molecule has 2 amide bonds. The molecule has 1 aromatic heterocycles. The highest BCUT2D eigenvalue weighted by Crippen LogP contribution is 2.16. The lowest BCUT2D eigenvalue weighted by atomic mass is 10.2. The Morgan fingerprint density at radius 3 is 2.41 bits per heavy atom. The Morgan fingerprint density at radius 2 is 1.71 bits per heavy atom. The van der Waals surface area contributed by atoms with Crippen molar-refractivity contribution in [3.8, 4) is 5.75 Å². The number of amides is 2. The molecule has 0 radical (unpaired) electrons. The van der Waals surface area contributed by atoms with Crippen LogP contribution in [0.5, 0.6) is 5.75 Å². The van der Waals surface area contributed by atoms with Crippen LogP contribution in [0, 0.1) is 0 Å². The number of nitrogens with zero attached hydrogens (tertiary/aromatic N) is 3. The van der Waals surface area contributed by atoms with E-state index in [4.69, 9.17) is 4.74 Å². The zero-order chi connectivity index (χ0) is 23.6. The number of hydrogen-bond donors (Lipinski definition) is 1. The van der Waals surface area contributed by atoms with Crippen LogP contribution in [-0.2, 0) is 16.2 Å². The fourth-order valence-electron chi connectivity index (χ4n) is 3.68. The normalized spacial score (nSPS) is 13.6. The minimum absolute atomic E-state index is 0.00433. The molecule has 2 aromatic carbocycles. The van der Waals surface area contributed by atoms with Gasteiger partial charge in [0, 0.05) is 55.9 Å². The van der Waals surface area contributed by atoms with E-state index in [1.165, 1.54) is 11.8 Å². The Hall–Kier alpha value is -4.13. The van der Waals surface area contributed by atoms with Crippen molar-refractivity contribution in [1.29, 1.82) is 0 Å². The van der Waals surface area contributed by atoms with Gasteiger partial charge in [-0.3, -0.25) is 14.6 Å². The van der Waals surface area contributed by atoms with Gasteiger partial charge in [-0.05, 0) is 42.0 Å². The summed E-state index contributed by atoms with van der Waals surface area (Å²) in [6.45, 7) is 3.30. The summed E-state index contributed by atoms with van der Waals surface area (Å²) in [5.74, 6) is 0.376. The monoisotopic (exact) mass is 456 g/mol. The summed E-state index contributed by atoms with van der Waals surface area (Å²) >= 11 is 0. The molecule has 34 heavy (non-hydrogen) atoms. The molecule has 1 fully saturated rings. The first-order valence-electron chi connectivity index (χ1n) is 11.3. The molecule has 1 aliphatic heterocycles. The highest BCUT2D eigenvalue weighted by atomic mass is 16.5. The lowest BCUT2D eigenvalue weighted by Crippen LogP contribution is -2.51. The van der Waals surface area contributed by atoms with Crippen LogP contribution in [-0.4, -0.2) is 54.4 Å². The standard InChI is InChI=1S/C27H28N4O3/c32-26(13-10-22-8-11-25(12-9-22)34-21-23-5-4-14-28-19-23)29-20-27(33)31-17-15-30(16-18-31)24-6-2-1-3-7-24/h1-14,19H,15-18,20-21H2,(H,29,32)/b13-10+. The molecule has 7 nitrogen and oxygen atoms in total. The lowest BCUT2D eigenvalue weighted by molar-refractivity contribution is -0.132. The maximum absolute atomic E-state index is 12.5. The minimum atomic E-state index is -0.298. The number of benzene rings is 2. The average Bonchev–Trinajstić information content (AvgIpc) is 2.91. The fraction of sp³-hybridized carbons (Fsp3) is 0.222. The molecular weight excluding hydrogens is 428 g/mol. The highest BCUT2D eigenvalue weighted by molar-refractivity contribution is 5.94. The second-order valence-corrected chi connectivity index (χ2v) is 7.97. The van der Waals surface area contributed by atoms with Crippen LogP contribution in [0.25, 0.3) is 6.08 Å². The van der Waals surface area contributed by atoms with Gasteiger partial charge in [-0.25, -0.2) is 0 Å². The smallest absolute Gasteiger partial charge is 0.244 e. The van der Waals surface area contributed by atoms with E-state index in [-0.39, 0.29) is 18.4 Å². The summed E-state index contributed by atoms with van der Waals surface area (Å²) in [7, 11) is 0. The summed E-state index contributed by atoms with van der Waals surface area (Å²) in [4.78, 5) is 32.8. The summed E-state index contributed by atoms with van der Waals surface area (Å²) in [5.41, 5.74) is 3.03. The zero-order valence-corrected chi connectivity index (χ0v) is 19.0. The second kappa shape index (κ2) is 11.7. The molecule has 0 atom stereocenters. The van der Waals surface area contributed by atoms with Crippen molar-refractivity contribution < 1.29 is 14.3 Å². The fourth-order valence-corrected chi connectivity index (χ4v) is 3.68. The van der Waals surface area contributed by atoms with Crippen molar-refractivity contribution in [3.63, 3.8) is 0 Å². The molecule has 3 aromatic rings. The van der Waals surface area contributed by atoms with Crippen LogP contribution in [0.1, 0.15) is 11.1 Å². The Morgan fingerprint density at radius 1 is 0.941 bits per heavy atom. The van der Waals surface area contributed by atoms with Crippen LogP contribution < -0.4 is 15.0 Å². The first-order valence-corrected chi connectivity index (χ1v) is 11.3. The Kier molecular flexibility index (Phi) is 7.90. The molecule has 4 rings (SSSR count). The predicted molar refractivity (Wildman–Crippen MR) is 132 cm³/mol. The topological polar surface area (TPSA) is 74.8 Å². The van der Waals surface area contributed by atoms with Crippen LogP contribution in [0.4, 0.5) is 5.69 Å². The molecule has 0 spiro atoms. The summed E-state index contributed by atoms with van der Waals surface area (Å²) < 4.78 is 5.74. The van der Waals surface area contributed by atoms with E-state index in [1.54, 1.807) is 23.4 Å². The largest absolute Gasteiger partial charge is 0.489 e. The molecule has 7 heteroatoms. The van der Waals surface area contributed by atoms with Gasteiger partial charge in [-0.2, -0.15) is 0 Å².